The summed E-state index contributed by atoms with van der Waals surface area (Å²) in [6, 6.07) is 92.3. The number of aromatic nitrogens is 1. The van der Waals surface area contributed by atoms with Crippen molar-refractivity contribution in [3.8, 4) is 61.3 Å². The van der Waals surface area contributed by atoms with Gasteiger partial charge in [-0.15, -0.1) is 11.3 Å². The Morgan fingerprint density at radius 2 is 0.646 bits per heavy atom. The third kappa shape index (κ3) is 7.19. The molecule has 0 radical (unpaired) electrons. The molecule has 0 spiro atoms. The van der Waals surface area contributed by atoms with Gasteiger partial charge in [0.2, 0.25) is 0 Å². The van der Waals surface area contributed by atoms with Crippen molar-refractivity contribution < 1.29 is 0 Å². The van der Waals surface area contributed by atoms with E-state index >= 15 is 0 Å². The van der Waals surface area contributed by atoms with E-state index in [2.05, 4.69) is 264 Å². The maximum absolute atomic E-state index is 2.47. The van der Waals surface area contributed by atoms with E-state index in [0.29, 0.717) is 0 Å². The molecule has 0 fully saturated rings. The van der Waals surface area contributed by atoms with Crippen molar-refractivity contribution >= 4 is 59.6 Å². The van der Waals surface area contributed by atoms with Crippen LogP contribution < -0.4 is 4.90 Å². The fourth-order valence-corrected chi connectivity index (χ4v) is 10.6. The lowest BCUT2D eigenvalue weighted by Crippen LogP contribution is -2.09. The number of fused-ring (bicyclic) bond motifs is 5. The average Bonchev–Trinajstić information content (AvgIpc) is 3.92. The molecule has 306 valence electrons. The molecular formula is C62H42N2S. The zero-order valence-electron chi connectivity index (χ0n) is 35.6. The maximum atomic E-state index is 2.47. The SMILES string of the molecule is c1ccc(-c2ccc(N(c3ccc(-c4ccccc4)cc3)c3ccc(-c4ccc(-n5c6ccc(-c7ccccc7)cc6c6sc7cc(-c8ccccc8)ccc7c65)cc4)cc3)cc2)cc1. The van der Waals surface area contributed by atoms with Crippen LogP contribution in [0.4, 0.5) is 17.1 Å². The van der Waals surface area contributed by atoms with Crippen LogP contribution in [-0.4, -0.2) is 4.57 Å². The number of thiophene rings is 1. The molecule has 12 rings (SSSR count). The monoisotopic (exact) mass is 846 g/mol. The smallest absolute Gasteiger partial charge is 0.0727 e. The van der Waals surface area contributed by atoms with Crippen molar-refractivity contribution in [3.05, 3.63) is 255 Å². The minimum atomic E-state index is 1.10. The summed E-state index contributed by atoms with van der Waals surface area (Å²) in [6.07, 6.45) is 0. The summed E-state index contributed by atoms with van der Waals surface area (Å²) in [4.78, 5) is 2.34. The number of nitrogens with zero attached hydrogens (tertiary/aromatic N) is 2. The Balaban J connectivity index is 0.910. The number of benzene rings is 10. The highest BCUT2D eigenvalue weighted by molar-refractivity contribution is 7.26. The van der Waals surface area contributed by atoms with E-state index in [1.165, 1.54) is 86.8 Å². The lowest BCUT2D eigenvalue weighted by Gasteiger charge is -2.26. The predicted octanol–water partition coefficient (Wildman–Crippen LogP) is 17.8. The van der Waals surface area contributed by atoms with Crippen molar-refractivity contribution in [2.45, 2.75) is 0 Å². The molecule has 10 aromatic carbocycles. The summed E-state index contributed by atoms with van der Waals surface area (Å²) in [5.41, 5.74) is 19.0. The highest BCUT2D eigenvalue weighted by atomic mass is 32.1. The summed E-state index contributed by atoms with van der Waals surface area (Å²) in [5.74, 6) is 0. The molecule has 12 aromatic rings. The zero-order chi connectivity index (χ0) is 43.1. The number of hydrogen-bond acceptors (Lipinski definition) is 2. The van der Waals surface area contributed by atoms with E-state index in [0.717, 1.165) is 22.7 Å². The summed E-state index contributed by atoms with van der Waals surface area (Å²) in [5, 5.41) is 2.55. The van der Waals surface area contributed by atoms with Crippen molar-refractivity contribution in [1.82, 2.24) is 4.57 Å². The summed E-state index contributed by atoms with van der Waals surface area (Å²) < 4.78 is 5.07. The quantitative estimate of drug-likeness (QED) is 0.140. The van der Waals surface area contributed by atoms with E-state index in [9.17, 15) is 0 Å². The molecule has 0 amide bonds. The van der Waals surface area contributed by atoms with Crippen LogP contribution in [0.3, 0.4) is 0 Å². The van der Waals surface area contributed by atoms with Gasteiger partial charge in [-0.3, -0.25) is 0 Å². The Kier molecular flexibility index (Phi) is 9.74. The van der Waals surface area contributed by atoms with Crippen molar-refractivity contribution in [2.75, 3.05) is 4.90 Å². The Bertz CT molecular complexity index is 3490. The van der Waals surface area contributed by atoms with Gasteiger partial charge in [0.05, 0.1) is 15.7 Å². The first kappa shape index (κ1) is 38.4. The molecule has 3 heteroatoms. The van der Waals surface area contributed by atoms with Gasteiger partial charge in [-0.05, 0) is 122 Å². The molecule has 0 unspecified atom stereocenters. The first-order valence-electron chi connectivity index (χ1n) is 22.2. The maximum Gasteiger partial charge on any atom is 0.0727 e. The van der Waals surface area contributed by atoms with Crippen LogP contribution in [0.1, 0.15) is 0 Å². The third-order valence-corrected chi connectivity index (χ3v) is 13.8. The van der Waals surface area contributed by atoms with Crippen molar-refractivity contribution in [3.63, 3.8) is 0 Å². The summed E-state index contributed by atoms with van der Waals surface area (Å²) in [6.45, 7) is 0. The molecule has 2 aromatic heterocycles. The van der Waals surface area contributed by atoms with Gasteiger partial charge in [0.25, 0.3) is 0 Å². The Labute approximate surface area is 383 Å². The van der Waals surface area contributed by atoms with Gasteiger partial charge in [-0.2, -0.15) is 0 Å². The minimum Gasteiger partial charge on any atom is -0.311 e. The van der Waals surface area contributed by atoms with Crippen LogP contribution >= 0.6 is 11.3 Å². The molecule has 0 aliphatic heterocycles. The average molecular weight is 847 g/mol. The first-order valence-corrected chi connectivity index (χ1v) is 23.0. The van der Waals surface area contributed by atoms with Crippen LogP contribution in [0.5, 0.6) is 0 Å². The molecular weight excluding hydrogens is 805 g/mol. The standard InChI is InChI=1S/C62H42N2S/c1-5-13-43(14-6-1)47-21-31-53(32-22-47)63(54-33-23-48(24-34-54)44-15-7-2-8-16-44)55-35-25-49(26-36-55)50-27-37-56(38-28-50)64-59-40-30-51(45-17-9-3-10-18-45)41-58(59)62-61(64)57-39-29-52(42-60(57)65-62)46-19-11-4-12-20-46/h1-42H. The van der Waals surface area contributed by atoms with Crippen LogP contribution in [0.15, 0.2) is 255 Å². The van der Waals surface area contributed by atoms with Crippen LogP contribution in [0.2, 0.25) is 0 Å². The van der Waals surface area contributed by atoms with Crippen molar-refractivity contribution in [2.24, 2.45) is 0 Å². The Morgan fingerprint density at radius 3 is 1.09 bits per heavy atom. The third-order valence-electron chi connectivity index (χ3n) is 12.6. The van der Waals surface area contributed by atoms with Crippen LogP contribution in [0, 0.1) is 0 Å². The van der Waals surface area contributed by atoms with E-state index in [4.69, 9.17) is 0 Å². The molecule has 0 aliphatic rings. The van der Waals surface area contributed by atoms with Gasteiger partial charge in [0.1, 0.15) is 0 Å². The highest BCUT2D eigenvalue weighted by Crippen LogP contribution is 2.45. The van der Waals surface area contributed by atoms with Crippen LogP contribution in [0.25, 0.3) is 92.5 Å². The topological polar surface area (TPSA) is 8.17 Å². The fraction of sp³-hybridized carbons (Fsp3) is 0. The predicted molar refractivity (Wildman–Crippen MR) is 278 cm³/mol. The molecule has 0 saturated carbocycles. The van der Waals surface area contributed by atoms with Gasteiger partial charge in [0, 0.05) is 38.2 Å². The van der Waals surface area contributed by atoms with E-state index in [1.54, 1.807) is 0 Å². The van der Waals surface area contributed by atoms with E-state index in [-0.39, 0.29) is 0 Å². The molecule has 65 heavy (non-hydrogen) atoms. The van der Waals surface area contributed by atoms with Crippen molar-refractivity contribution in [1.29, 1.82) is 0 Å². The molecule has 0 bridgehead atoms. The molecule has 0 saturated heterocycles. The van der Waals surface area contributed by atoms with Crippen LogP contribution in [-0.2, 0) is 0 Å². The zero-order valence-corrected chi connectivity index (χ0v) is 36.4. The Hall–Kier alpha value is -8.24. The fourth-order valence-electron chi connectivity index (χ4n) is 9.33. The largest absolute Gasteiger partial charge is 0.311 e. The minimum absolute atomic E-state index is 1.10. The molecule has 2 heterocycles. The normalized spacial score (nSPS) is 11.4. The van der Waals surface area contributed by atoms with E-state index < -0.39 is 0 Å². The van der Waals surface area contributed by atoms with Gasteiger partial charge >= 0.3 is 0 Å². The molecule has 2 nitrogen and oxygen atoms in total. The van der Waals surface area contributed by atoms with E-state index in [1.807, 2.05) is 11.3 Å². The van der Waals surface area contributed by atoms with Gasteiger partial charge in [-0.1, -0.05) is 188 Å². The highest BCUT2D eigenvalue weighted by Gasteiger charge is 2.20. The second-order valence-corrected chi connectivity index (χ2v) is 17.6. The lowest BCUT2D eigenvalue weighted by molar-refractivity contribution is 1.19. The number of anilines is 3. The number of rotatable bonds is 9. The second-order valence-electron chi connectivity index (χ2n) is 16.5. The molecule has 0 N–H and O–H groups in total. The first-order chi connectivity index (χ1) is 32.2. The number of hydrogen-bond donors (Lipinski definition) is 0. The van der Waals surface area contributed by atoms with Gasteiger partial charge < -0.3 is 9.47 Å². The molecule has 0 aliphatic carbocycles. The summed E-state index contributed by atoms with van der Waals surface area (Å²) in [7, 11) is 0. The summed E-state index contributed by atoms with van der Waals surface area (Å²) >= 11 is 1.89. The van der Waals surface area contributed by atoms with Gasteiger partial charge in [-0.25, -0.2) is 0 Å². The lowest BCUT2D eigenvalue weighted by atomic mass is 10.0. The second kappa shape index (κ2) is 16.5. The molecule has 0 atom stereocenters. The van der Waals surface area contributed by atoms with Gasteiger partial charge in [0.15, 0.2) is 0 Å². The Morgan fingerprint density at radius 1 is 0.292 bits per heavy atom.